The van der Waals surface area contributed by atoms with Gasteiger partial charge < -0.3 is 4.74 Å². The van der Waals surface area contributed by atoms with Gasteiger partial charge >= 0.3 is 0 Å². The number of rotatable bonds is 9. The van der Waals surface area contributed by atoms with Crippen LogP contribution in [0.4, 0.5) is 0 Å². The van der Waals surface area contributed by atoms with Gasteiger partial charge in [0.25, 0.3) is 0 Å². The van der Waals surface area contributed by atoms with E-state index in [-0.39, 0.29) is 5.41 Å². The van der Waals surface area contributed by atoms with Gasteiger partial charge in [-0.2, -0.15) is 11.3 Å². The molecule has 2 nitrogen and oxygen atoms in total. The van der Waals surface area contributed by atoms with E-state index in [0.717, 1.165) is 25.4 Å². The Balaban J connectivity index is 1.56. The predicted octanol–water partition coefficient (Wildman–Crippen LogP) is 7.42. The van der Waals surface area contributed by atoms with Crippen LogP contribution in [0.5, 0.6) is 5.75 Å². The van der Waals surface area contributed by atoms with Crippen LogP contribution in [0.15, 0.2) is 77.5 Å². The molecular weight excluding hydrogens is 410 g/mol. The van der Waals surface area contributed by atoms with Gasteiger partial charge in [-0.15, -0.1) is 0 Å². The minimum absolute atomic E-state index is 0.0421. The molecule has 0 saturated heterocycles. The van der Waals surface area contributed by atoms with Crippen molar-refractivity contribution in [2.24, 2.45) is 5.41 Å². The van der Waals surface area contributed by atoms with E-state index in [4.69, 9.17) is 4.74 Å². The highest BCUT2D eigenvalue weighted by Gasteiger charge is 2.05. The third-order valence-corrected chi connectivity index (χ3v) is 5.63. The van der Waals surface area contributed by atoms with E-state index in [1.807, 2.05) is 12.1 Å². The van der Waals surface area contributed by atoms with E-state index in [1.165, 1.54) is 22.3 Å². The first-order valence-electron chi connectivity index (χ1n) is 11.2. The average molecular weight is 444 g/mol. The van der Waals surface area contributed by atoms with Gasteiger partial charge in [-0.25, -0.2) is 0 Å². The van der Waals surface area contributed by atoms with Crippen molar-refractivity contribution in [3.8, 4) is 28.7 Å². The topological polar surface area (TPSA) is 12.5 Å². The first-order chi connectivity index (χ1) is 15.4. The molecule has 0 saturated carbocycles. The van der Waals surface area contributed by atoms with Gasteiger partial charge in [0, 0.05) is 18.5 Å². The highest BCUT2D eigenvalue weighted by molar-refractivity contribution is 7.08. The fourth-order valence-electron chi connectivity index (χ4n) is 3.25. The van der Waals surface area contributed by atoms with Crippen molar-refractivity contribution in [1.82, 2.24) is 4.90 Å². The maximum Gasteiger partial charge on any atom is 0.120 e. The lowest BCUT2D eigenvalue weighted by Gasteiger charge is -2.19. The number of likely N-dealkylation sites (N-methyl/N-ethyl adjacent to an activating group) is 1. The van der Waals surface area contributed by atoms with Crippen LogP contribution in [0, 0.1) is 17.3 Å². The molecule has 3 rings (SSSR count). The summed E-state index contributed by atoms with van der Waals surface area (Å²) in [6.07, 6.45) is 4.11. The Morgan fingerprint density at radius 2 is 1.81 bits per heavy atom. The van der Waals surface area contributed by atoms with Gasteiger partial charge in [-0.1, -0.05) is 55.2 Å². The van der Waals surface area contributed by atoms with Crippen LogP contribution in [0.3, 0.4) is 0 Å². The first-order valence-corrected chi connectivity index (χ1v) is 12.1. The van der Waals surface area contributed by atoms with Crippen LogP contribution in [0.25, 0.3) is 11.1 Å². The molecule has 0 radical (unpaired) electrons. The van der Waals surface area contributed by atoms with Crippen LogP contribution >= 0.6 is 11.3 Å². The predicted molar refractivity (Wildman–Crippen MR) is 138 cm³/mol. The molecule has 0 unspecified atom stereocenters. The average Bonchev–Trinajstić information content (AvgIpc) is 3.31. The Hall–Kier alpha value is -2.80. The summed E-state index contributed by atoms with van der Waals surface area (Å²) in [5.74, 6) is 7.29. The van der Waals surface area contributed by atoms with Crippen LogP contribution in [-0.4, -0.2) is 18.0 Å². The molecule has 0 aliphatic carbocycles. The van der Waals surface area contributed by atoms with Crippen molar-refractivity contribution >= 4 is 11.3 Å². The molecule has 1 aromatic heterocycles. The molecule has 1 heterocycles. The highest BCUT2D eigenvalue weighted by atomic mass is 32.1. The molecular formula is C29H33NOS. The first kappa shape index (κ1) is 23.9. The van der Waals surface area contributed by atoms with E-state index < -0.39 is 0 Å². The molecule has 0 aliphatic rings. The summed E-state index contributed by atoms with van der Waals surface area (Å²) in [7, 11) is 0. The summed E-state index contributed by atoms with van der Waals surface area (Å²) in [5.41, 5.74) is 4.97. The number of benzene rings is 2. The normalized spacial score (nSPS) is 11.5. The molecule has 3 aromatic rings. The monoisotopic (exact) mass is 443 g/mol. The number of thiophene rings is 1. The minimum Gasteiger partial charge on any atom is -0.489 e. The molecule has 0 fully saturated rings. The minimum atomic E-state index is 0.0421. The molecule has 2 aromatic carbocycles. The lowest BCUT2D eigenvalue weighted by molar-refractivity contribution is 0.299. The van der Waals surface area contributed by atoms with Crippen molar-refractivity contribution in [1.29, 1.82) is 0 Å². The second-order valence-corrected chi connectivity index (χ2v) is 9.68. The summed E-state index contributed by atoms with van der Waals surface area (Å²) >= 11 is 1.72. The Kier molecular flexibility index (Phi) is 8.73. The summed E-state index contributed by atoms with van der Waals surface area (Å²) in [4.78, 5) is 2.39. The van der Waals surface area contributed by atoms with Crippen molar-refractivity contribution in [3.63, 3.8) is 0 Å². The number of hydrogen-bond donors (Lipinski definition) is 0. The van der Waals surface area contributed by atoms with Crippen molar-refractivity contribution in [3.05, 3.63) is 88.6 Å². The lowest BCUT2D eigenvalue weighted by Crippen LogP contribution is -2.22. The molecule has 32 heavy (non-hydrogen) atoms. The smallest absolute Gasteiger partial charge is 0.120 e. The number of nitrogens with zero attached hydrogens (tertiary/aromatic N) is 1. The maximum absolute atomic E-state index is 6.12. The van der Waals surface area contributed by atoms with Crippen LogP contribution < -0.4 is 4.74 Å². The molecule has 0 spiro atoms. The third-order valence-electron chi connectivity index (χ3n) is 4.95. The zero-order chi connectivity index (χ0) is 22.8. The van der Waals surface area contributed by atoms with E-state index in [1.54, 1.807) is 11.3 Å². The van der Waals surface area contributed by atoms with Crippen molar-refractivity contribution in [2.45, 2.75) is 40.8 Å². The molecule has 0 bridgehead atoms. The van der Waals surface area contributed by atoms with Crippen LogP contribution in [-0.2, 0) is 13.2 Å². The van der Waals surface area contributed by atoms with Gasteiger partial charge in [-0.05, 0) is 90.7 Å². The molecule has 0 aliphatic heterocycles. The van der Waals surface area contributed by atoms with E-state index in [2.05, 4.69) is 110 Å². The molecule has 0 N–H and O–H groups in total. The molecule has 166 valence electrons. The van der Waals surface area contributed by atoms with Crippen LogP contribution in [0.1, 0.15) is 38.8 Å². The number of allylic oxidation sites excluding steroid dienone is 1. The van der Waals surface area contributed by atoms with Crippen molar-refractivity contribution in [2.75, 3.05) is 13.1 Å². The van der Waals surface area contributed by atoms with Gasteiger partial charge in [-0.3, -0.25) is 4.90 Å². The van der Waals surface area contributed by atoms with E-state index in [0.29, 0.717) is 6.61 Å². The van der Waals surface area contributed by atoms with Gasteiger partial charge in [0.15, 0.2) is 0 Å². The van der Waals surface area contributed by atoms with Gasteiger partial charge in [0.1, 0.15) is 12.4 Å². The number of hydrogen-bond acceptors (Lipinski definition) is 3. The molecule has 3 heteroatoms. The second-order valence-electron chi connectivity index (χ2n) is 8.90. The van der Waals surface area contributed by atoms with Gasteiger partial charge in [0.2, 0.25) is 0 Å². The van der Waals surface area contributed by atoms with Crippen LogP contribution in [0.2, 0.25) is 0 Å². The fraction of sp³-hybridized carbons (Fsp3) is 0.310. The SMILES string of the molecule is CCN(C/C=C/C#CC(C)(C)C)Cc1cccc(OCc2cccc(-c3ccsc3)c2)c1. The van der Waals surface area contributed by atoms with Gasteiger partial charge in [0.05, 0.1) is 0 Å². The molecule has 0 atom stereocenters. The zero-order valence-corrected chi connectivity index (χ0v) is 20.4. The summed E-state index contributed by atoms with van der Waals surface area (Å²) < 4.78 is 6.12. The third kappa shape index (κ3) is 8.04. The Morgan fingerprint density at radius 3 is 2.56 bits per heavy atom. The Bertz CT molecular complexity index is 1060. The number of ether oxygens (including phenoxy) is 1. The summed E-state index contributed by atoms with van der Waals surface area (Å²) in [6, 6.07) is 19.1. The fourth-order valence-corrected chi connectivity index (χ4v) is 3.92. The summed E-state index contributed by atoms with van der Waals surface area (Å²) in [6.45, 7) is 11.9. The quantitative estimate of drug-likeness (QED) is 0.319. The lowest BCUT2D eigenvalue weighted by atomic mass is 9.98. The Morgan fingerprint density at radius 1 is 1.00 bits per heavy atom. The maximum atomic E-state index is 6.12. The van der Waals surface area contributed by atoms with E-state index in [9.17, 15) is 0 Å². The molecule has 0 amide bonds. The Labute approximate surface area is 197 Å². The van der Waals surface area contributed by atoms with E-state index >= 15 is 0 Å². The summed E-state index contributed by atoms with van der Waals surface area (Å²) in [5, 5.41) is 4.29. The van der Waals surface area contributed by atoms with Crippen molar-refractivity contribution < 1.29 is 4.74 Å². The highest BCUT2D eigenvalue weighted by Crippen LogP contribution is 2.24. The second kappa shape index (κ2) is 11.7. The zero-order valence-electron chi connectivity index (χ0n) is 19.6. The standard InChI is InChI=1S/C29H33NOS/c1-5-30(17-8-6-7-16-29(2,3)4)21-24-11-10-14-28(20-24)31-22-25-12-9-13-26(19-25)27-15-18-32-23-27/h6,8-15,18-20,23H,5,17,21-22H2,1-4H3/b8-6+. The largest absolute Gasteiger partial charge is 0.489 e.